The van der Waals surface area contributed by atoms with Crippen molar-refractivity contribution in [1.82, 2.24) is 0 Å². The standard InChI is InChI=1S/C40H59NO11.CH4O3S/c1-19-11-24-5-7-28-20(2)12-26(45-28)9-10-40-17-33-36(51-40)37-38(50-33)39(52-40)35-29(49-37)8-6-25(47-35)13-22(42)14-27-31(16-30(46-24)21(19)3)48-32(34(27)44-4)15-23(43)18-41;1-5(2,3)4/h19,23-39,43H,2-3,5-18,41H2,1,4H3;1H3,(H,2,3,4)/t19-,23+,24+,25?,26+,27+,28+,29?,30-,31?,32-,33-,34-,35?,36+,37?,38?,39?,40+;/m1./s1. The van der Waals surface area contributed by atoms with Crippen molar-refractivity contribution in [2.24, 2.45) is 17.6 Å². The van der Waals surface area contributed by atoms with Crippen LogP contribution in [0.15, 0.2) is 24.3 Å². The number of methoxy groups -OCH3 is 1. The summed E-state index contributed by atoms with van der Waals surface area (Å²) in [6.45, 7) is 11.3. The maximum absolute atomic E-state index is 14.1. The SMILES string of the molecule is C=C1C[C@@H]2CC[C@@]34C[C@H]5OC6C(O3)C3OC(CCC3OC6[C@H]5O4)CC(=O)C[C@H]3C(C[C@H]4O[C@@H](CC[C@@H]1O2)C[C@@H](C)C4=C)O[C@H](C[C@H](O)CN)[C@@H]3OC.CS(=O)(=O)O. The molecule has 0 radical (unpaired) electrons. The highest BCUT2D eigenvalue weighted by molar-refractivity contribution is 7.85. The number of hydrogen-bond acceptors (Lipinski definition) is 14. The summed E-state index contributed by atoms with van der Waals surface area (Å²) in [6.07, 6.45) is 5.57. The summed E-state index contributed by atoms with van der Waals surface area (Å²) in [7, 11) is -2.01. The maximum Gasteiger partial charge on any atom is 0.261 e. The number of aliphatic hydroxyl groups is 1. The van der Waals surface area contributed by atoms with Gasteiger partial charge in [-0.15, -0.1) is 0 Å². The first kappa shape index (κ1) is 42.3. The fraction of sp³-hybridized carbons (Fsp3) is 0.878. The van der Waals surface area contributed by atoms with Gasteiger partial charge in [0.25, 0.3) is 10.1 Å². The zero-order valence-corrected chi connectivity index (χ0v) is 34.3. The van der Waals surface area contributed by atoms with Crippen LogP contribution in [-0.4, -0.2) is 147 Å². The Bertz CT molecular complexity index is 1600. The Hall–Kier alpha value is -1.38. The summed E-state index contributed by atoms with van der Waals surface area (Å²) in [4.78, 5) is 14.1. The number of fused-ring (bicyclic) bond motifs is 6. The van der Waals surface area contributed by atoms with Gasteiger partial charge in [0.15, 0.2) is 5.79 Å². The topological polar surface area (TPSA) is 201 Å². The molecule has 0 saturated carbocycles. The lowest BCUT2D eigenvalue weighted by molar-refractivity contribution is -0.292. The van der Waals surface area contributed by atoms with Crippen molar-refractivity contribution in [3.05, 3.63) is 24.3 Å². The van der Waals surface area contributed by atoms with Crippen LogP contribution in [-0.2, 0) is 57.5 Å². The molecule has 19 atom stereocenters. The van der Waals surface area contributed by atoms with Crippen LogP contribution < -0.4 is 5.73 Å². The molecule has 322 valence electrons. The summed E-state index contributed by atoms with van der Waals surface area (Å²) in [5, 5.41) is 10.5. The molecule has 10 aliphatic heterocycles. The lowest BCUT2D eigenvalue weighted by Gasteiger charge is -2.47. The van der Waals surface area contributed by atoms with E-state index < -0.39 is 28.1 Å². The molecular weight excluding hydrogens is 763 g/mol. The van der Waals surface area contributed by atoms with Crippen LogP contribution in [0.2, 0.25) is 0 Å². The number of rotatable bonds is 4. The number of hydrogen-bond donors (Lipinski definition) is 3. The Labute approximate surface area is 336 Å². The van der Waals surface area contributed by atoms with E-state index in [-0.39, 0.29) is 122 Å². The first-order chi connectivity index (χ1) is 27.1. The molecule has 0 aromatic rings. The molecular formula is C41H63NO14S. The van der Waals surface area contributed by atoms with Gasteiger partial charge in [-0.05, 0) is 62.0 Å². The average Bonchev–Trinajstić information content (AvgIpc) is 3.82. The maximum atomic E-state index is 14.1. The highest BCUT2D eigenvalue weighted by Crippen LogP contribution is 2.54. The monoisotopic (exact) mass is 825 g/mol. The second kappa shape index (κ2) is 16.8. The van der Waals surface area contributed by atoms with Crippen LogP contribution in [0.4, 0.5) is 0 Å². The predicted octanol–water partition coefficient (Wildman–Crippen LogP) is 2.94. The number of aliphatic hydroxyl groups excluding tert-OH is 1. The number of ether oxygens (including phenoxy) is 9. The third-order valence-corrected chi connectivity index (χ3v) is 14.0. The van der Waals surface area contributed by atoms with Crippen LogP contribution in [0.3, 0.4) is 0 Å². The molecule has 10 saturated heterocycles. The fourth-order valence-electron chi connectivity index (χ4n) is 11.3. The van der Waals surface area contributed by atoms with Crippen molar-refractivity contribution in [3.8, 4) is 0 Å². The van der Waals surface area contributed by atoms with Gasteiger partial charge < -0.3 is 53.5 Å². The van der Waals surface area contributed by atoms with E-state index in [1.165, 1.54) is 0 Å². The largest absolute Gasteiger partial charge is 0.392 e. The van der Waals surface area contributed by atoms with Crippen LogP contribution in [0.25, 0.3) is 0 Å². The fourth-order valence-corrected chi connectivity index (χ4v) is 11.3. The van der Waals surface area contributed by atoms with E-state index >= 15 is 0 Å². The summed E-state index contributed by atoms with van der Waals surface area (Å²) >= 11 is 0. The zero-order valence-electron chi connectivity index (χ0n) is 33.5. The van der Waals surface area contributed by atoms with E-state index in [1.54, 1.807) is 7.11 Å². The first-order valence-corrected chi connectivity index (χ1v) is 22.9. The second-order valence-corrected chi connectivity index (χ2v) is 19.6. The van der Waals surface area contributed by atoms with Crippen LogP contribution in [0, 0.1) is 11.8 Å². The molecule has 7 unspecified atom stereocenters. The molecule has 0 aromatic heterocycles. The Morgan fingerprint density at radius 1 is 0.825 bits per heavy atom. The number of Topliss-reactive ketones (excluding diaryl/α,β-unsaturated/α-hetero) is 1. The Kier molecular flexibility index (Phi) is 12.5. The van der Waals surface area contributed by atoms with Crippen molar-refractivity contribution < 1.29 is 65.5 Å². The van der Waals surface area contributed by atoms with Gasteiger partial charge in [0.05, 0.1) is 73.4 Å². The van der Waals surface area contributed by atoms with E-state index in [0.717, 1.165) is 56.1 Å². The van der Waals surface area contributed by atoms with Gasteiger partial charge in [-0.3, -0.25) is 9.35 Å². The predicted molar refractivity (Wildman–Crippen MR) is 204 cm³/mol. The first-order valence-electron chi connectivity index (χ1n) is 21.1. The van der Waals surface area contributed by atoms with Gasteiger partial charge in [0.2, 0.25) is 0 Å². The molecule has 16 heteroatoms. The number of carbonyl (C=O) groups excluding carboxylic acids is 1. The number of nitrogens with two attached hydrogens (primary N) is 1. The highest BCUT2D eigenvalue weighted by atomic mass is 32.2. The van der Waals surface area contributed by atoms with E-state index in [1.807, 2.05) is 0 Å². The van der Waals surface area contributed by atoms with Gasteiger partial charge in [-0.1, -0.05) is 20.1 Å². The van der Waals surface area contributed by atoms with Gasteiger partial charge >= 0.3 is 0 Å². The second-order valence-electron chi connectivity index (χ2n) is 18.2. The van der Waals surface area contributed by atoms with E-state index in [9.17, 15) is 18.3 Å². The van der Waals surface area contributed by atoms with Gasteiger partial charge in [-0.2, -0.15) is 8.42 Å². The van der Waals surface area contributed by atoms with Crippen molar-refractivity contribution in [2.75, 3.05) is 19.9 Å². The molecule has 1 spiro atoms. The number of carbonyl (C=O) groups is 1. The zero-order chi connectivity index (χ0) is 40.4. The highest BCUT2D eigenvalue weighted by Gasteiger charge is 2.68. The van der Waals surface area contributed by atoms with Crippen molar-refractivity contribution in [1.29, 1.82) is 0 Å². The molecule has 10 heterocycles. The quantitative estimate of drug-likeness (QED) is 0.276. The van der Waals surface area contributed by atoms with Gasteiger partial charge in [-0.25, -0.2) is 0 Å². The Balaban J connectivity index is 0.000000859. The molecule has 12 bridgehead atoms. The molecule has 0 aliphatic carbocycles. The van der Waals surface area contributed by atoms with Crippen molar-refractivity contribution in [3.63, 3.8) is 0 Å². The molecule has 10 fully saturated rings. The number of ketones is 1. The van der Waals surface area contributed by atoms with Gasteiger partial charge in [0, 0.05) is 58.1 Å². The molecule has 4 N–H and O–H groups in total. The van der Waals surface area contributed by atoms with Crippen LogP contribution in [0.1, 0.15) is 90.4 Å². The molecule has 0 aromatic carbocycles. The summed E-state index contributed by atoms with van der Waals surface area (Å²) < 4.78 is 85.9. The van der Waals surface area contributed by atoms with Crippen LogP contribution in [0.5, 0.6) is 0 Å². The van der Waals surface area contributed by atoms with E-state index in [4.69, 9.17) is 52.9 Å². The minimum Gasteiger partial charge on any atom is -0.392 e. The lowest BCUT2D eigenvalue weighted by Crippen LogP contribution is -2.61. The average molecular weight is 826 g/mol. The normalized spacial score (nSPS) is 48.8. The molecule has 10 aliphatic rings. The summed E-state index contributed by atoms with van der Waals surface area (Å²) in [5.41, 5.74) is 8.01. The molecule has 0 amide bonds. The molecule has 57 heavy (non-hydrogen) atoms. The summed E-state index contributed by atoms with van der Waals surface area (Å²) in [6, 6.07) is 0. The minimum atomic E-state index is -3.67. The minimum absolute atomic E-state index is 0.0158. The summed E-state index contributed by atoms with van der Waals surface area (Å²) in [5.74, 6) is -0.619. The lowest BCUT2D eigenvalue weighted by atomic mass is 9.81. The Morgan fingerprint density at radius 2 is 1.51 bits per heavy atom. The third-order valence-electron chi connectivity index (χ3n) is 14.0. The Morgan fingerprint density at radius 3 is 2.26 bits per heavy atom. The van der Waals surface area contributed by atoms with Crippen molar-refractivity contribution >= 4 is 15.9 Å². The van der Waals surface area contributed by atoms with Crippen LogP contribution >= 0.6 is 0 Å². The molecule has 15 nitrogen and oxygen atoms in total. The molecule has 10 rings (SSSR count). The van der Waals surface area contributed by atoms with Crippen molar-refractivity contribution in [2.45, 2.75) is 194 Å². The smallest absolute Gasteiger partial charge is 0.261 e. The van der Waals surface area contributed by atoms with E-state index in [0.29, 0.717) is 31.9 Å². The van der Waals surface area contributed by atoms with Gasteiger partial charge in [0.1, 0.15) is 36.3 Å². The van der Waals surface area contributed by atoms with E-state index in [2.05, 4.69) is 20.1 Å². The third kappa shape index (κ3) is 9.00.